The zero-order valence-electron chi connectivity index (χ0n) is 12.2. The highest BCUT2D eigenvalue weighted by Gasteiger charge is 2.12. The predicted molar refractivity (Wildman–Crippen MR) is 85.6 cm³/mol. The lowest BCUT2D eigenvalue weighted by Gasteiger charge is -2.07. The molecule has 0 atom stereocenters. The Morgan fingerprint density at radius 2 is 1.64 bits per heavy atom. The molecule has 1 aromatic carbocycles. The highest BCUT2D eigenvalue weighted by Crippen LogP contribution is 2.13. The molecule has 1 rings (SSSR count). The third-order valence-electron chi connectivity index (χ3n) is 2.97. The molecule has 3 N–H and O–H groups in total. The van der Waals surface area contributed by atoms with Gasteiger partial charge >= 0.3 is 5.97 Å². The topological polar surface area (TPSA) is 95.5 Å². The predicted octanol–water partition coefficient (Wildman–Crippen LogP) is 1.85. The summed E-state index contributed by atoms with van der Waals surface area (Å²) in [6.07, 6.45) is 3.43. The van der Waals surface area contributed by atoms with E-state index >= 15 is 0 Å². The van der Waals surface area contributed by atoms with E-state index in [1.807, 2.05) is 0 Å². The average Bonchev–Trinajstić information content (AvgIpc) is 2.45. The lowest BCUT2D eigenvalue weighted by molar-refractivity contribution is -0.135. The molecule has 0 saturated heterocycles. The molecular formula is C14H21ClN2O4S. The fourth-order valence-corrected chi connectivity index (χ4v) is 3.03. The van der Waals surface area contributed by atoms with Crippen molar-refractivity contribution in [1.82, 2.24) is 10.0 Å². The first-order valence-corrected chi connectivity index (χ1v) is 8.96. The number of hydrogen-bond acceptors (Lipinski definition) is 4. The van der Waals surface area contributed by atoms with Gasteiger partial charge in [0.05, 0.1) is 11.4 Å². The summed E-state index contributed by atoms with van der Waals surface area (Å²) >= 11 is 5.72. The minimum Gasteiger partial charge on any atom is -0.480 e. The first kappa shape index (κ1) is 18.9. The molecule has 0 heterocycles. The number of halogens is 1. The van der Waals surface area contributed by atoms with Gasteiger partial charge in [-0.25, -0.2) is 13.1 Å². The Morgan fingerprint density at radius 1 is 1.05 bits per heavy atom. The van der Waals surface area contributed by atoms with Gasteiger partial charge in [0.25, 0.3) is 0 Å². The Morgan fingerprint density at radius 3 is 2.23 bits per heavy atom. The van der Waals surface area contributed by atoms with Gasteiger partial charge in [-0.05, 0) is 43.7 Å². The fourth-order valence-electron chi connectivity index (χ4n) is 1.83. The van der Waals surface area contributed by atoms with Crippen molar-refractivity contribution in [3.63, 3.8) is 0 Å². The largest absolute Gasteiger partial charge is 0.480 e. The van der Waals surface area contributed by atoms with Crippen molar-refractivity contribution in [2.45, 2.75) is 30.6 Å². The molecule has 0 aliphatic heterocycles. The number of aliphatic carboxylic acids is 1. The molecule has 0 aliphatic carbocycles. The zero-order valence-corrected chi connectivity index (χ0v) is 13.8. The molecule has 0 aliphatic rings. The van der Waals surface area contributed by atoms with E-state index in [9.17, 15) is 13.2 Å². The molecule has 0 amide bonds. The molecule has 124 valence electrons. The van der Waals surface area contributed by atoms with Crippen molar-refractivity contribution in [2.24, 2.45) is 0 Å². The second-order valence-electron chi connectivity index (χ2n) is 4.84. The summed E-state index contributed by atoms with van der Waals surface area (Å²) in [5.74, 6) is -0.864. The summed E-state index contributed by atoms with van der Waals surface area (Å²) in [5.41, 5.74) is 0. The van der Waals surface area contributed by atoms with E-state index in [0.717, 1.165) is 25.7 Å². The lowest BCUT2D eigenvalue weighted by Crippen LogP contribution is -2.25. The number of rotatable bonds is 11. The van der Waals surface area contributed by atoms with Gasteiger partial charge in [0.2, 0.25) is 10.0 Å². The molecule has 0 radical (unpaired) electrons. The van der Waals surface area contributed by atoms with Crippen molar-refractivity contribution in [2.75, 3.05) is 19.6 Å². The fraction of sp³-hybridized carbons (Fsp3) is 0.500. The van der Waals surface area contributed by atoms with E-state index in [4.69, 9.17) is 16.7 Å². The van der Waals surface area contributed by atoms with Gasteiger partial charge in [-0.2, -0.15) is 0 Å². The molecule has 6 nitrogen and oxygen atoms in total. The standard InChI is InChI=1S/C14H21ClN2O4S/c15-12-5-7-13(8-6-12)22(20,21)17-10-4-2-1-3-9-16-11-14(18)19/h5-8,16-17H,1-4,9-11H2,(H,18,19). The average molecular weight is 349 g/mol. The van der Waals surface area contributed by atoms with Crippen LogP contribution in [0, 0.1) is 0 Å². The molecule has 0 fully saturated rings. The summed E-state index contributed by atoms with van der Waals surface area (Å²) in [6, 6.07) is 6.03. The number of benzene rings is 1. The molecule has 8 heteroatoms. The number of nitrogens with one attached hydrogen (secondary N) is 2. The summed E-state index contributed by atoms with van der Waals surface area (Å²) in [5, 5.41) is 11.7. The van der Waals surface area contributed by atoms with Crippen molar-refractivity contribution >= 4 is 27.6 Å². The van der Waals surface area contributed by atoms with Crippen LogP contribution < -0.4 is 10.0 Å². The lowest BCUT2D eigenvalue weighted by atomic mass is 10.2. The van der Waals surface area contributed by atoms with E-state index in [-0.39, 0.29) is 11.4 Å². The van der Waals surface area contributed by atoms with Crippen LogP contribution in [0.5, 0.6) is 0 Å². The summed E-state index contributed by atoms with van der Waals surface area (Å²) in [4.78, 5) is 10.5. The SMILES string of the molecule is O=C(O)CNCCCCCCNS(=O)(=O)c1ccc(Cl)cc1. The number of carbonyl (C=O) groups is 1. The van der Waals surface area contributed by atoms with Crippen molar-refractivity contribution < 1.29 is 18.3 Å². The highest BCUT2D eigenvalue weighted by molar-refractivity contribution is 7.89. The summed E-state index contributed by atoms with van der Waals surface area (Å²) < 4.78 is 26.5. The Hall–Kier alpha value is -1.15. The van der Waals surface area contributed by atoms with Crippen LogP contribution in [-0.2, 0) is 14.8 Å². The van der Waals surface area contributed by atoms with Crippen LogP contribution in [0.4, 0.5) is 0 Å². The van der Waals surface area contributed by atoms with Crippen LogP contribution in [0.2, 0.25) is 5.02 Å². The third-order valence-corrected chi connectivity index (χ3v) is 4.70. The molecule has 0 unspecified atom stereocenters. The minimum atomic E-state index is -3.47. The van der Waals surface area contributed by atoms with Crippen LogP contribution in [0.15, 0.2) is 29.2 Å². The minimum absolute atomic E-state index is 0.0269. The maximum absolute atomic E-state index is 12.0. The van der Waals surface area contributed by atoms with Crippen LogP contribution in [0.1, 0.15) is 25.7 Å². The second-order valence-corrected chi connectivity index (χ2v) is 7.04. The molecule has 22 heavy (non-hydrogen) atoms. The van der Waals surface area contributed by atoms with E-state index in [2.05, 4.69) is 10.0 Å². The van der Waals surface area contributed by atoms with E-state index in [0.29, 0.717) is 18.1 Å². The summed E-state index contributed by atoms with van der Waals surface area (Å²) in [7, 11) is -3.47. The summed E-state index contributed by atoms with van der Waals surface area (Å²) in [6.45, 7) is 1.01. The van der Waals surface area contributed by atoms with E-state index in [1.165, 1.54) is 12.1 Å². The van der Waals surface area contributed by atoms with Gasteiger partial charge in [-0.1, -0.05) is 24.4 Å². The van der Waals surface area contributed by atoms with Crippen molar-refractivity contribution in [3.8, 4) is 0 Å². The Balaban J connectivity index is 2.13. The maximum Gasteiger partial charge on any atom is 0.317 e. The van der Waals surface area contributed by atoms with Crippen LogP contribution >= 0.6 is 11.6 Å². The van der Waals surface area contributed by atoms with Gasteiger partial charge in [-0.3, -0.25) is 4.79 Å². The number of sulfonamides is 1. The van der Waals surface area contributed by atoms with E-state index < -0.39 is 16.0 Å². The third kappa shape index (κ3) is 7.74. The van der Waals surface area contributed by atoms with E-state index in [1.54, 1.807) is 12.1 Å². The van der Waals surface area contributed by atoms with Crippen LogP contribution in [0.3, 0.4) is 0 Å². The first-order chi connectivity index (χ1) is 10.4. The number of unbranched alkanes of at least 4 members (excludes halogenated alkanes) is 3. The Kier molecular flexibility index (Phi) is 8.40. The number of hydrogen-bond donors (Lipinski definition) is 3. The van der Waals surface area contributed by atoms with Crippen LogP contribution in [0.25, 0.3) is 0 Å². The second kappa shape index (κ2) is 9.78. The van der Waals surface area contributed by atoms with Gasteiger partial charge in [0, 0.05) is 11.6 Å². The van der Waals surface area contributed by atoms with Crippen LogP contribution in [-0.4, -0.2) is 39.1 Å². The number of carboxylic acids is 1. The normalized spacial score (nSPS) is 11.5. The molecule has 0 saturated carbocycles. The van der Waals surface area contributed by atoms with Gasteiger partial charge in [0.15, 0.2) is 0 Å². The zero-order chi connectivity index (χ0) is 16.4. The maximum atomic E-state index is 12.0. The molecule has 0 bridgehead atoms. The first-order valence-electron chi connectivity index (χ1n) is 7.09. The van der Waals surface area contributed by atoms with Gasteiger partial charge in [-0.15, -0.1) is 0 Å². The Labute approximate surface area is 135 Å². The number of carboxylic acid groups (broad SMARTS) is 1. The van der Waals surface area contributed by atoms with Crippen molar-refractivity contribution in [3.05, 3.63) is 29.3 Å². The van der Waals surface area contributed by atoms with Crippen molar-refractivity contribution in [1.29, 1.82) is 0 Å². The highest BCUT2D eigenvalue weighted by atomic mass is 35.5. The molecule has 0 aromatic heterocycles. The quantitative estimate of drug-likeness (QED) is 0.530. The smallest absolute Gasteiger partial charge is 0.317 e. The monoisotopic (exact) mass is 348 g/mol. The van der Waals surface area contributed by atoms with Gasteiger partial charge < -0.3 is 10.4 Å². The van der Waals surface area contributed by atoms with Gasteiger partial charge in [0.1, 0.15) is 0 Å². The molecular weight excluding hydrogens is 328 g/mol. The molecule has 1 aromatic rings. The Bertz CT molecular complexity index is 561. The molecule has 0 spiro atoms.